The van der Waals surface area contributed by atoms with Gasteiger partial charge in [0.05, 0.1) is 7.11 Å². The van der Waals surface area contributed by atoms with Gasteiger partial charge < -0.3 is 4.74 Å². The second-order valence-electron chi connectivity index (χ2n) is 3.19. The van der Waals surface area contributed by atoms with Crippen molar-refractivity contribution in [2.45, 2.75) is 13.8 Å². The first-order chi connectivity index (χ1) is 6.69. The van der Waals surface area contributed by atoms with E-state index in [2.05, 4.69) is 0 Å². The normalized spacial score (nSPS) is 11.2. The van der Waals surface area contributed by atoms with Crippen LogP contribution in [0.25, 0.3) is 5.57 Å². The molecule has 0 spiro atoms. The quantitative estimate of drug-likeness (QED) is 0.541. The number of ether oxygens (including phenoxy) is 1. The van der Waals surface area contributed by atoms with E-state index in [4.69, 9.17) is 4.74 Å². The fraction of sp³-hybridized carbons (Fsp3) is 0.250. The first kappa shape index (κ1) is 10.5. The molecule has 0 fully saturated rings. The fourth-order valence-electron chi connectivity index (χ4n) is 1.32. The van der Waals surface area contributed by atoms with Gasteiger partial charge in [0.2, 0.25) is 0 Å². The molecule has 74 valence electrons. The lowest BCUT2D eigenvalue weighted by atomic mass is 10.0. The number of allylic oxidation sites excluding steroid dienone is 2. The fourth-order valence-corrected chi connectivity index (χ4v) is 1.32. The van der Waals surface area contributed by atoms with Gasteiger partial charge in [-0.3, -0.25) is 4.79 Å². The van der Waals surface area contributed by atoms with Crippen LogP contribution in [0.2, 0.25) is 0 Å². The number of benzene rings is 1. The van der Waals surface area contributed by atoms with E-state index in [1.54, 1.807) is 7.11 Å². The average molecular weight is 190 g/mol. The zero-order valence-corrected chi connectivity index (χ0v) is 8.70. The Bertz CT molecular complexity index is 365. The third-order valence-corrected chi connectivity index (χ3v) is 2.10. The maximum Gasteiger partial charge on any atom is 0.143 e. The minimum atomic E-state index is 0.786. The van der Waals surface area contributed by atoms with E-state index in [0.717, 1.165) is 28.7 Å². The summed E-state index contributed by atoms with van der Waals surface area (Å²) in [6, 6.07) is 5.92. The Kier molecular flexibility index (Phi) is 3.46. The predicted molar refractivity (Wildman–Crippen MR) is 57.4 cm³/mol. The van der Waals surface area contributed by atoms with E-state index in [1.165, 1.54) is 6.08 Å². The molecule has 2 heteroatoms. The molecule has 0 aliphatic rings. The van der Waals surface area contributed by atoms with E-state index < -0.39 is 0 Å². The van der Waals surface area contributed by atoms with Crippen molar-refractivity contribution < 1.29 is 9.53 Å². The van der Waals surface area contributed by atoms with Crippen molar-refractivity contribution in [3.8, 4) is 5.75 Å². The van der Waals surface area contributed by atoms with Crippen LogP contribution >= 0.6 is 0 Å². The highest BCUT2D eigenvalue weighted by Gasteiger charge is 2.03. The number of hydrogen-bond donors (Lipinski definition) is 0. The van der Waals surface area contributed by atoms with Crippen molar-refractivity contribution in [2.75, 3.05) is 7.11 Å². The highest BCUT2D eigenvalue weighted by atomic mass is 16.5. The van der Waals surface area contributed by atoms with Gasteiger partial charge in [-0.2, -0.15) is 0 Å². The van der Waals surface area contributed by atoms with Crippen LogP contribution in [0.5, 0.6) is 5.75 Å². The van der Waals surface area contributed by atoms with Crippen LogP contribution < -0.4 is 4.74 Å². The first-order valence-corrected chi connectivity index (χ1v) is 4.46. The molecular formula is C12H14O2. The number of methoxy groups -OCH3 is 1. The molecule has 14 heavy (non-hydrogen) atoms. The largest absolute Gasteiger partial charge is 0.496 e. The molecule has 2 nitrogen and oxygen atoms in total. The van der Waals surface area contributed by atoms with Gasteiger partial charge in [0.25, 0.3) is 0 Å². The van der Waals surface area contributed by atoms with Crippen molar-refractivity contribution in [1.29, 1.82) is 0 Å². The SMILES string of the molecule is COc1cc(C)ccc1/C(C)=C/C=O. The van der Waals surface area contributed by atoms with Gasteiger partial charge in [-0.15, -0.1) is 0 Å². The number of aldehydes is 1. The molecule has 0 aromatic heterocycles. The molecule has 0 amide bonds. The lowest BCUT2D eigenvalue weighted by Gasteiger charge is -2.08. The second kappa shape index (κ2) is 4.61. The van der Waals surface area contributed by atoms with Crippen LogP contribution in [0.15, 0.2) is 24.3 Å². The summed E-state index contributed by atoms with van der Waals surface area (Å²) in [6.07, 6.45) is 2.32. The minimum absolute atomic E-state index is 0.786. The number of hydrogen-bond acceptors (Lipinski definition) is 2. The van der Waals surface area contributed by atoms with Crippen LogP contribution in [-0.4, -0.2) is 13.4 Å². The lowest BCUT2D eigenvalue weighted by molar-refractivity contribution is -0.104. The van der Waals surface area contributed by atoms with E-state index in [-0.39, 0.29) is 0 Å². The van der Waals surface area contributed by atoms with E-state index in [9.17, 15) is 4.79 Å². The molecule has 0 bridgehead atoms. The summed E-state index contributed by atoms with van der Waals surface area (Å²) < 4.78 is 5.24. The third kappa shape index (κ3) is 2.22. The Hall–Kier alpha value is -1.57. The molecule has 0 saturated heterocycles. The Morgan fingerprint density at radius 2 is 2.14 bits per heavy atom. The second-order valence-corrected chi connectivity index (χ2v) is 3.19. The average Bonchev–Trinajstić information content (AvgIpc) is 2.17. The highest BCUT2D eigenvalue weighted by Crippen LogP contribution is 2.26. The summed E-state index contributed by atoms with van der Waals surface area (Å²) >= 11 is 0. The van der Waals surface area contributed by atoms with Gasteiger partial charge in [-0.25, -0.2) is 0 Å². The van der Waals surface area contributed by atoms with Crippen LogP contribution in [0.1, 0.15) is 18.1 Å². The molecule has 0 aliphatic heterocycles. The molecule has 0 radical (unpaired) electrons. The summed E-state index contributed by atoms with van der Waals surface area (Å²) in [4.78, 5) is 10.3. The van der Waals surface area contributed by atoms with Crippen LogP contribution in [0.3, 0.4) is 0 Å². The number of aryl methyl sites for hydroxylation is 1. The summed E-state index contributed by atoms with van der Waals surface area (Å²) in [7, 11) is 1.63. The molecule has 1 rings (SSSR count). The van der Waals surface area contributed by atoms with E-state index in [0.29, 0.717) is 0 Å². The summed E-state index contributed by atoms with van der Waals surface area (Å²) in [5.74, 6) is 0.806. The zero-order chi connectivity index (χ0) is 10.6. The summed E-state index contributed by atoms with van der Waals surface area (Å²) in [5.41, 5.74) is 3.02. The minimum Gasteiger partial charge on any atom is -0.496 e. The zero-order valence-electron chi connectivity index (χ0n) is 8.70. The van der Waals surface area contributed by atoms with Crippen molar-refractivity contribution in [1.82, 2.24) is 0 Å². The van der Waals surface area contributed by atoms with Gasteiger partial charge >= 0.3 is 0 Å². The number of carbonyl (C=O) groups excluding carboxylic acids is 1. The summed E-state index contributed by atoms with van der Waals surface area (Å²) in [5, 5.41) is 0. The van der Waals surface area contributed by atoms with E-state index >= 15 is 0 Å². The smallest absolute Gasteiger partial charge is 0.143 e. The first-order valence-electron chi connectivity index (χ1n) is 4.46. The van der Waals surface area contributed by atoms with Gasteiger partial charge in [0.1, 0.15) is 12.0 Å². The van der Waals surface area contributed by atoms with Gasteiger partial charge in [0, 0.05) is 5.56 Å². The Morgan fingerprint density at radius 3 is 2.71 bits per heavy atom. The Balaban J connectivity index is 3.20. The maximum absolute atomic E-state index is 10.3. The molecular weight excluding hydrogens is 176 g/mol. The van der Waals surface area contributed by atoms with Gasteiger partial charge in [-0.05, 0) is 37.1 Å². The van der Waals surface area contributed by atoms with Crippen molar-refractivity contribution in [3.63, 3.8) is 0 Å². The molecule has 1 aromatic rings. The third-order valence-electron chi connectivity index (χ3n) is 2.10. The van der Waals surface area contributed by atoms with Crippen molar-refractivity contribution in [3.05, 3.63) is 35.4 Å². The van der Waals surface area contributed by atoms with Crippen LogP contribution in [0.4, 0.5) is 0 Å². The molecule has 0 unspecified atom stereocenters. The number of rotatable bonds is 3. The molecule has 0 N–H and O–H groups in total. The standard InChI is InChI=1S/C12H14O2/c1-9-4-5-11(10(2)6-7-13)12(8-9)14-3/h4-8H,1-3H3/b10-6+. The molecule has 0 heterocycles. The predicted octanol–water partition coefficient (Wildman–Crippen LogP) is 2.61. The maximum atomic E-state index is 10.3. The van der Waals surface area contributed by atoms with Crippen molar-refractivity contribution >= 4 is 11.9 Å². The van der Waals surface area contributed by atoms with Gasteiger partial charge in [-0.1, -0.05) is 12.1 Å². The highest BCUT2D eigenvalue weighted by molar-refractivity contribution is 5.82. The van der Waals surface area contributed by atoms with Crippen LogP contribution in [-0.2, 0) is 4.79 Å². The molecule has 0 saturated carbocycles. The van der Waals surface area contributed by atoms with E-state index in [1.807, 2.05) is 32.0 Å². The lowest BCUT2D eigenvalue weighted by Crippen LogP contribution is -1.90. The molecule has 0 aliphatic carbocycles. The Morgan fingerprint density at radius 1 is 1.43 bits per heavy atom. The molecule has 1 aromatic carbocycles. The molecule has 0 atom stereocenters. The van der Waals surface area contributed by atoms with Crippen LogP contribution in [0, 0.1) is 6.92 Å². The summed E-state index contributed by atoms with van der Waals surface area (Å²) in [6.45, 7) is 3.90. The Labute approximate surface area is 84.2 Å². The number of carbonyl (C=O) groups is 1. The van der Waals surface area contributed by atoms with Gasteiger partial charge in [0.15, 0.2) is 0 Å². The van der Waals surface area contributed by atoms with Crippen molar-refractivity contribution in [2.24, 2.45) is 0 Å². The monoisotopic (exact) mass is 190 g/mol. The topological polar surface area (TPSA) is 26.3 Å².